The molecule has 0 saturated heterocycles. The first-order valence-electron chi connectivity index (χ1n) is 5.68. The summed E-state index contributed by atoms with van der Waals surface area (Å²) < 4.78 is 17.0. The highest BCUT2D eigenvalue weighted by molar-refractivity contribution is 9.10. The minimum atomic E-state index is -0.881. The lowest BCUT2D eigenvalue weighted by Gasteiger charge is -1.96. The van der Waals surface area contributed by atoms with E-state index < -0.39 is 11.4 Å². The van der Waals surface area contributed by atoms with Crippen LogP contribution >= 0.6 is 27.3 Å². The van der Waals surface area contributed by atoms with E-state index in [0.717, 1.165) is 20.4 Å². The van der Waals surface area contributed by atoms with E-state index in [1.54, 1.807) is 4.68 Å². The standard InChI is InChI=1S/C11H9BrFN5OS/c1-4-7(12)6(3)17(15-4)11-16-18-9(19)8(13)5(2)14-10(18)20-11/h1-3H3. The zero-order chi connectivity index (χ0) is 14.6. The Balaban J connectivity index is 2.31. The Labute approximate surface area is 125 Å². The number of aryl methyl sites for hydroxylation is 2. The monoisotopic (exact) mass is 357 g/mol. The first-order valence-corrected chi connectivity index (χ1v) is 7.29. The molecule has 0 unspecified atom stereocenters. The van der Waals surface area contributed by atoms with Crippen molar-refractivity contribution in [2.24, 2.45) is 0 Å². The largest absolute Gasteiger partial charge is 0.311 e. The summed E-state index contributed by atoms with van der Waals surface area (Å²) in [6.07, 6.45) is 0. The van der Waals surface area contributed by atoms with Gasteiger partial charge in [-0.25, -0.2) is 9.67 Å². The number of hydrogen-bond donors (Lipinski definition) is 0. The predicted octanol–water partition coefficient (Wildman–Crippen LogP) is 2.16. The normalized spacial score (nSPS) is 11.4. The van der Waals surface area contributed by atoms with Crippen LogP contribution in [-0.4, -0.2) is 24.4 Å². The van der Waals surface area contributed by atoms with Crippen molar-refractivity contribution >= 4 is 32.2 Å². The molecule has 0 saturated carbocycles. The van der Waals surface area contributed by atoms with Gasteiger partial charge < -0.3 is 0 Å². The number of nitrogens with zero attached hydrogens (tertiary/aromatic N) is 5. The molecule has 0 aliphatic carbocycles. The molecule has 3 aromatic rings. The Bertz CT molecular complexity index is 896. The summed E-state index contributed by atoms with van der Waals surface area (Å²) in [5, 5.41) is 8.89. The second-order valence-corrected chi connectivity index (χ2v) is 6.02. The summed E-state index contributed by atoms with van der Waals surface area (Å²) in [5.41, 5.74) is 0.937. The topological polar surface area (TPSA) is 65.1 Å². The van der Waals surface area contributed by atoms with Crippen molar-refractivity contribution in [2.45, 2.75) is 20.8 Å². The second kappa shape index (κ2) is 4.45. The smallest absolute Gasteiger partial charge is 0.264 e. The fourth-order valence-corrected chi connectivity index (χ4v) is 3.00. The predicted molar refractivity (Wildman–Crippen MR) is 76.1 cm³/mol. The van der Waals surface area contributed by atoms with Gasteiger partial charge in [0.1, 0.15) is 0 Å². The zero-order valence-corrected chi connectivity index (χ0v) is 13.2. The van der Waals surface area contributed by atoms with Crippen molar-refractivity contribution in [3.63, 3.8) is 0 Å². The molecule has 0 bridgehead atoms. The van der Waals surface area contributed by atoms with Crippen molar-refractivity contribution in [1.82, 2.24) is 24.4 Å². The molecule has 3 heterocycles. The van der Waals surface area contributed by atoms with Crippen LogP contribution in [0.25, 0.3) is 10.1 Å². The Hall–Kier alpha value is -1.61. The number of rotatable bonds is 1. The first kappa shape index (κ1) is 13.4. The van der Waals surface area contributed by atoms with Crippen molar-refractivity contribution in [3.8, 4) is 5.13 Å². The van der Waals surface area contributed by atoms with E-state index in [2.05, 4.69) is 31.1 Å². The maximum absolute atomic E-state index is 13.6. The summed E-state index contributed by atoms with van der Waals surface area (Å²) in [5.74, 6) is -0.881. The van der Waals surface area contributed by atoms with E-state index in [1.165, 1.54) is 18.3 Å². The molecule has 0 fully saturated rings. The van der Waals surface area contributed by atoms with E-state index in [9.17, 15) is 9.18 Å². The average Bonchev–Trinajstić information content (AvgIpc) is 2.93. The quantitative estimate of drug-likeness (QED) is 0.669. The fourth-order valence-electron chi connectivity index (χ4n) is 1.81. The van der Waals surface area contributed by atoms with Crippen LogP contribution < -0.4 is 5.56 Å². The molecular weight excluding hydrogens is 349 g/mol. The average molecular weight is 358 g/mol. The molecule has 0 atom stereocenters. The lowest BCUT2D eigenvalue weighted by Crippen LogP contribution is -2.20. The van der Waals surface area contributed by atoms with Gasteiger partial charge in [0, 0.05) is 0 Å². The summed E-state index contributed by atoms with van der Waals surface area (Å²) in [6.45, 7) is 5.18. The van der Waals surface area contributed by atoms with Gasteiger partial charge in [0.2, 0.25) is 15.9 Å². The van der Waals surface area contributed by atoms with Gasteiger partial charge in [-0.2, -0.15) is 14.0 Å². The molecule has 0 spiro atoms. The minimum Gasteiger partial charge on any atom is -0.264 e. The van der Waals surface area contributed by atoms with Crippen LogP contribution in [0, 0.1) is 26.6 Å². The zero-order valence-electron chi connectivity index (χ0n) is 10.8. The molecule has 3 aromatic heterocycles. The number of halogens is 2. The Kier molecular flexibility index (Phi) is 2.98. The van der Waals surface area contributed by atoms with E-state index in [-0.39, 0.29) is 5.69 Å². The number of aromatic nitrogens is 5. The number of fused-ring (bicyclic) bond motifs is 1. The highest BCUT2D eigenvalue weighted by Gasteiger charge is 2.17. The van der Waals surface area contributed by atoms with Gasteiger partial charge in [-0.3, -0.25) is 4.79 Å². The summed E-state index contributed by atoms with van der Waals surface area (Å²) in [7, 11) is 0. The summed E-state index contributed by atoms with van der Waals surface area (Å²) >= 11 is 4.61. The number of hydrogen-bond acceptors (Lipinski definition) is 5. The highest BCUT2D eigenvalue weighted by atomic mass is 79.9. The van der Waals surface area contributed by atoms with Gasteiger partial charge in [0.25, 0.3) is 0 Å². The highest BCUT2D eigenvalue weighted by Crippen LogP contribution is 2.25. The van der Waals surface area contributed by atoms with Gasteiger partial charge in [-0.15, -0.1) is 5.10 Å². The summed E-state index contributed by atoms with van der Waals surface area (Å²) in [4.78, 5) is 16.2. The molecule has 20 heavy (non-hydrogen) atoms. The van der Waals surface area contributed by atoms with E-state index in [1.807, 2.05) is 13.8 Å². The second-order valence-electron chi connectivity index (χ2n) is 4.29. The molecule has 0 aromatic carbocycles. The first-order chi connectivity index (χ1) is 9.40. The maximum atomic E-state index is 13.6. The third kappa shape index (κ3) is 1.80. The summed E-state index contributed by atoms with van der Waals surface area (Å²) in [6, 6.07) is 0. The lowest BCUT2D eigenvalue weighted by atomic mass is 10.4. The SMILES string of the molecule is Cc1nn(-c2nn3c(=O)c(F)c(C)nc3s2)c(C)c1Br. The molecule has 0 aliphatic heterocycles. The van der Waals surface area contributed by atoms with E-state index in [0.29, 0.717) is 10.1 Å². The van der Waals surface area contributed by atoms with Crippen LogP contribution in [0.4, 0.5) is 4.39 Å². The van der Waals surface area contributed by atoms with E-state index >= 15 is 0 Å². The molecule has 6 nitrogen and oxygen atoms in total. The van der Waals surface area contributed by atoms with Gasteiger partial charge in [-0.1, -0.05) is 11.3 Å². The third-order valence-corrected chi connectivity index (χ3v) is 4.93. The molecule has 9 heteroatoms. The van der Waals surface area contributed by atoms with Crippen LogP contribution in [0.5, 0.6) is 0 Å². The molecule has 0 radical (unpaired) electrons. The molecule has 0 N–H and O–H groups in total. The van der Waals surface area contributed by atoms with Crippen molar-refractivity contribution in [2.75, 3.05) is 0 Å². The van der Waals surface area contributed by atoms with Gasteiger partial charge in [-0.05, 0) is 36.7 Å². The maximum Gasteiger partial charge on any atom is 0.311 e. The molecule has 3 rings (SSSR count). The third-order valence-electron chi connectivity index (χ3n) is 2.89. The van der Waals surface area contributed by atoms with Crippen molar-refractivity contribution < 1.29 is 4.39 Å². The van der Waals surface area contributed by atoms with Crippen LogP contribution in [0.2, 0.25) is 0 Å². The van der Waals surface area contributed by atoms with Crippen LogP contribution in [0.15, 0.2) is 9.27 Å². The molecule has 0 aliphatic rings. The van der Waals surface area contributed by atoms with Gasteiger partial charge in [0.05, 0.1) is 21.6 Å². The van der Waals surface area contributed by atoms with Crippen molar-refractivity contribution in [1.29, 1.82) is 0 Å². The Morgan fingerprint density at radius 2 is 1.90 bits per heavy atom. The van der Waals surface area contributed by atoms with Crippen molar-refractivity contribution in [3.05, 3.63) is 37.7 Å². The van der Waals surface area contributed by atoms with Gasteiger partial charge in [0.15, 0.2) is 0 Å². The molecule has 0 amide bonds. The van der Waals surface area contributed by atoms with Crippen LogP contribution in [0.3, 0.4) is 0 Å². The van der Waals surface area contributed by atoms with Crippen LogP contribution in [0.1, 0.15) is 17.1 Å². The Morgan fingerprint density at radius 3 is 2.50 bits per heavy atom. The minimum absolute atomic E-state index is 0.0692. The molecular formula is C11H9BrFN5OS. The lowest BCUT2D eigenvalue weighted by molar-refractivity contribution is 0.578. The van der Waals surface area contributed by atoms with E-state index in [4.69, 9.17) is 0 Å². The Morgan fingerprint density at radius 1 is 1.20 bits per heavy atom. The molecule has 104 valence electrons. The van der Waals surface area contributed by atoms with Crippen LogP contribution in [-0.2, 0) is 0 Å². The van der Waals surface area contributed by atoms with Gasteiger partial charge >= 0.3 is 5.56 Å². The fraction of sp³-hybridized carbons (Fsp3) is 0.273.